The lowest BCUT2D eigenvalue weighted by atomic mass is 9.43. The Morgan fingerprint density at radius 1 is 1.12 bits per heavy atom. The van der Waals surface area contributed by atoms with Crippen molar-refractivity contribution in [3.63, 3.8) is 0 Å². The van der Waals surface area contributed by atoms with E-state index in [0.29, 0.717) is 5.41 Å². The van der Waals surface area contributed by atoms with Gasteiger partial charge in [-0.2, -0.15) is 4.98 Å². The monoisotopic (exact) mass is 340 g/mol. The lowest BCUT2D eigenvalue weighted by Crippen LogP contribution is -2.53. The van der Waals surface area contributed by atoms with Gasteiger partial charge in [-0.05, 0) is 61.6 Å². The number of hydrogen-bond donors (Lipinski definition) is 0. The number of methoxy groups -OCH3 is 1. The van der Waals surface area contributed by atoms with E-state index in [9.17, 15) is 0 Å². The number of nitrogens with zero attached hydrogens (tertiary/aromatic N) is 2. The zero-order valence-corrected chi connectivity index (χ0v) is 14.7. The summed E-state index contributed by atoms with van der Waals surface area (Å²) in [6.45, 7) is 0.793. The van der Waals surface area contributed by atoms with Crippen LogP contribution in [-0.2, 0) is 10.2 Å². The Morgan fingerprint density at radius 2 is 1.92 bits per heavy atom. The van der Waals surface area contributed by atoms with Crippen molar-refractivity contribution in [3.8, 4) is 5.75 Å². The summed E-state index contributed by atoms with van der Waals surface area (Å²) in [6.07, 6.45) is 8.29. The zero-order valence-electron chi connectivity index (χ0n) is 14.7. The highest BCUT2D eigenvalue weighted by Crippen LogP contribution is 2.67. The van der Waals surface area contributed by atoms with Gasteiger partial charge in [0.25, 0.3) is 0 Å². The van der Waals surface area contributed by atoms with Crippen LogP contribution < -0.4 is 4.74 Å². The molecule has 1 atom stereocenters. The second-order valence-electron chi connectivity index (χ2n) is 7.98. The van der Waals surface area contributed by atoms with E-state index in [4.69, 9.17) is 19.0 Å². The van der Waals surface area contributed by atoms with Crippen LogP contribution in [0.25, 0.3) is 0 Å². The van der Waals surface area contributed by atoms with Gasteiger partial charge >= 0.3 is 0 Å². The fourth-order valence-corrected chi connectivity index (χ4v) is 4.99. The standard InChI is InChI=1S/C20H24N2O3/c1-23-15-7-5-14(6-8-15)20(12-19(13-20)9-3-10-19)18-21-17(22-25-18)16-4-2-11-24-16/h5-8,16H,2-4,9-13H2,1H3. The molecule has 2 aromatic rings. The first-order valence-corrected chi connectivity index (χ1v) is 9.33. The number of benzene rings is 1. The van der Waals surface area contributed by atoms with Gasteiger partial charge in [-0.15, -0.1) is 0 Å². The van der Waals surface area contributed by atoms with E-state index in [2.05, 4.69) is 17.3 Å². The Hall–Kier alpha value is -1.88. The smallest absolute Gasteiger partial charge is 0.237 e. The van der Waals surface area contributed by atoms with E-state index >= 15 is 0 Å². The maximum absolute atomic E-state index is 5.78. The van der Waals surface area contributed by atoms with Gasteiger partial charge < -0.3 is 14.0 Å². The van der Waals surface area contributed by atoms with Crippen LogP contribution in [0.1, 0.15) is 68.3 Å². The first kappa shape index (κ1) is 15.4. The van der Waals surface area contributed by atoms with Gasteiger partial charge in [-0.25, -0.2) is 0 Å². The van der Waals surface area contributed by atoms with E-state index in [0.717, 1.165) is 49.8 Å². The van der Waals surface area contributed by atoms with Gasteiger partial charge in [0.2, 0.25) is 11.7 Å². The van der Waals surface area contributed by atoms with E-state index in [1.54, 1.807) is 7.11 Å². The molecule has 1 aliphatic heterocycles. The molecule has 1 aromatic carbocycles. The summed E-state index contributed by atoms with van der Waals surface area (Å²) >= 11 is 0. The van der Waals surface area contributed by atoms with E-state index < -0.39 is 0 Å². The first-order chi connectivity index (χ1) is 12.2. The minimum Gasteiger partial charge on any atom is -0.497 e. The van der Waals surface area contributed by atoms with Crippen molar-refractivity contribution in [1.82, 2.24) is 10.1 Å². The molecule has 0 amide bonds. The van der Waals surface area contributed by atoms with Crippen LogP contribution in [0.5, 0.6) is 5.75 Å². The van der Waals surface area contributed by atoms with Crippen LogP contribution >= 0.6 is 0 Å². The van der Waals surface area contributed by atoms with Crippen LogP contribution in [0, 0.1) is 5.41 Å². The van der Waals surface area contributed by atoms with Crippen molar-refractivity contribution < 1.29 is 14.0 Å². The molecule has 1 saturated heterocycles. The summed E-state index contributed by atoms with van der Waals surface area (Å²) in [5.74, 6) is 2.36. The van der Waals surface area contributed by atoms with Crippen LogP contribution in [-0.4, -0.2) is 23.9 Å². The SMILES string of the molecule is COc1ccc(C2(c3nc(C4CCCO4)no3)CC3(CCC3)C2)cc1. The maximum Gasteiger partial charge on any atom is 0.237 e. The Bertz CT molecular complexity index is 750. The second-order valence-corrected chi connectivity index (χ2v) is 7.98. The fraction of sp³-hybridized carbons (Fsp3) is 0.600. The third-order valence-electron chi connectivity index (χ3n) is 6.48. The summed E-state index contributed by atoms with van der Waals surface area (Å²) < 4.78 is 16.8. The van der Waals surface area contributed by atoms with Gasteiger partial charge in [0, 0.05) is 6.61 Å². The fourth-order valence-electron chi connectivity index (χ4n) is 4.99. The van der Waals surface area contributed by atoms with Crippen LogP contribution in [0.2, 0.25) is 0 Å². The van der Waals surface area contributed by atoms with Crippen LogP contribution in [0.15, 0.2) is 28.8 Å². The number of aromatic nitrogens is 2. The quantitative estimate of drug-likeness (QED) is 0.835. The molecule has 5 heteroatoms. The maximum atomic E-state index is 5.78. The molecule has 0 bridgehead atoms. The average molecular weight is 340 g/mol. The minimum atomic E-state index is -0.142. The highest BCUT2D eigenvalue weighted by Gasteiger charge is 2.61. The molecule has 3 aliphatic rings. The molecule has 1 spiro atoms. The van der Waals surface area contributed by atoms with Crippen LogP contribution in [0.4, 0.5) is 0 Å². The minimum absolute atomic E-state index is 0.00292. The Morgan fingerprint density at radius 3 is 2.52 bits per heavy atom. The highest BCUT2D eigenvalue weighted by atomic mass is 16.5. The molecule has 2 aliphatic carbocycles. The summed E-state index contributed by atoms with van der Waals surface area (Å²) in [5, 5.41) is 4.26. The van der Waals surface area contributed by atoms with E-state index in [1.807, 2.05) is 12.1 Å². The molecule has 1 aromatic heterocycles. The van der Waals surface area contributed by atoms with Gasteiger partial charge in [0.05, 0.1) is 12.5 Å². The lowest BCUT2D eigenvalue weighted by molar-refractivity contribution is -0.0425. The normalized spacial score (nSPS) is 26.2. The molecule has 5 nitrogen and oxygen atoms in total. The highest BCUT2D eigenvalue weighted by molar-refractivity contribution is 5.41. The van der Waals surface area contributed by atoms with Gasteiger partial charge in [0.1, 0.15) is 11.9 Å². The summed E-state index contributed by atoms with van der Waals surface area (Å²) in [7, 11) is 1.70. The number of ether oxygens (including phenoxy) is 2. The molecule has 132 valence electrons. The molecule has 1 unspecified atom stereocenters. The molecule has 2 heterocycles. The van der Waals surface area contributed by atoms with Crippen molar-refractivity contribution >= 4 is 0 Å². The average Bonchev–Trinajstić information content (AvgIpc) is 3.25. The molecule has 5 rings (SSSR count). The molecule has 3 fully saturated rings. The predicted octanol–water partition coefficient (Wildman–Crippen LogP) is 4.18. The molecule has 0 radical (unpaired) electrons. The molecular weight excluding hydrogens is 316 g/mol. The molecule has 2 saturated carbocycles. The van der Waals surface area contributed by atoms with Crippen molar-refractivity contribution in [3.05, 3.63) is 41.5 Å². The largest absolute Gasteiger partial charge is 0.497 e. The molecule has 25 heavy (non-hydrogen) atoms. The van der Waals surface area contributed by atoms with Crippen LogP contribution in [0.3, 0.4) is 0 Å². The summed E-state index contributed by atoms with van der Waals surface area (Å²) in [6, 6.07) is 8.36. The third-order valence-corrected chi connectivity index (χ3v) is 6.48. The van der Waals surface area contributed by atoms with Crippen molar-refractivity contribution in [2.75, 3.05) is 13.7 Å². The summed E-state index contributed by atoms with van der Waals surface area (Å²) in [5.41, 5.74) is 1.61. The van der Waals surface area contributed by atoms with Gasteiger partial charge in [-0.1, -0.05) is 23.7 Å². The Balaban J connectivity index is 1.49. The topological polar surface area (TPSA) is 57.4 Å². The first-order valence-electron chi connectivity index (χ1n) is 9.33. The predicted molar refractivity (Wildman–Crippen MR) is 91.5 cm³/mol. The van der Waals surface area contributed by atoms with E-state index in [-0.39, 0.29) is 11.5 Å². The second kappa shape index (κ2) is 5.56. The zero-order chi connectivity index (χ0) is 16.9. The number of rotatable bonds is 4. The third kappa shape index (κ3) is 2.32. The van der Waals surface area contributed by atoms with Crippen molar-refractivity contribution in [1.29, 1.82) is 0 Å². The lowest BCUT2D eigenvalue weighted by Gasteiger charge is -2.59. The van der Waals surface area contributed by atoms with Gasteiger partial charge in [-0.3, -0.25) is 0 Å². The van der Waals surface area contributed by atoms with Gasteiger partial charge in [0.15, 0.2) is 0 Å². The summed E-state index contributed by atoms with van der Waals surface area (Å²) in [4.78, 5) is 4.80. The van der Waals surface area contributed by atoms with E-state index in [1.165, 1.54) is 24.8 Å². The van der Waals surface area contributed by atoms with Crippen molar-refractivity contribution in [2.24, 2.45) is 5.41 Å². The molecule has 0 N–H and O–H groups in total. The molecular formula is C20H24N2O3. The van der Waals surface area contributed by atoms with Crippen molar-refractivity contribution in [2.45, 2.75) is 56.5 Å². The Kier molecular flexibility index (Phi) is 3.42. The Labute approximate surface area is 147 Å². The number of hydrogen-bond acceptors (Lipinski definition) is 5.